The van der Waals surface area contributed by atoms with Crippen molar-refractivity contribution in [3.8, 4) is 0 Å². The molecular weight excluding hydrogens is 277 g/mol. The van der Waals surface area contributed by atoms with Crippen LogP contribution in [0, 0.1) is 0 Å². The van der Waals surface area contributed by atoms with E-state index >= 15 is 0 Å². The molecule has 1 aliphatic heterocycles. The van der Waals surface area contributed by atoms with E-state index in [9.17, 15) is 13.2 Å². The first-order chi connectivity index (χ1) is 9.99. The molecule has 1 aromatic rings. The number of hydrogen-bond donors (Lipinski definition) is 0. The summed E-state index contributed by atoms with van der Waals surface area (Å²) in [5.74, 6) is -0.00888. The summed E-state index contributed by atoms with van der Waals surface area (Å²) in [5.41, 5.74) is 1.94. The van der Waals surface area contributed by atoms with Crippen LogP contribution in [-0.4, -0.2) is 30.0 Å². The van der Waals surface area contributed by atoms with Crippen LogP contribution < -0.4 is 0 Å². The highest BCUT2D eigenvalue weighted by Crippen LogP contribution is 2.29. The van der Waals surface area contributed by atoms with Crippen molar-refractivity contribution in [1.29, 1.82) is 0 Å². The Balaban J connectivity index is 2.10. The van der Waals surface area contributed by atoms with E-state index in [1.807, 2.05) is 30.3 Å². The minimum atomic E-state index is -4.20. The Bertz CT molecular complexity index is 468. The van der Waals surface area contributed by atoms with Gasteiger partial charge in [-0.3, -0.25) is 5.01 Å². The fourth-order valence-electron chi connectivity index (χ4n) is 2.68. The maximum Gasteiger partial charge on any atom is 0.407 e. The molecule has 5 heteroatoms. The van der Waals surface area contributed by atoms with Crippen molar-refractivity contribution in [2.45, 2.75) is 44.7 Å². The van der Waals surface area contributed by atoms with E-state index in [0.717, 1.165) is 37.0 Å². The Morgan fingerprint density at radius 1 is 1.19 bits per heavy atom. The van der Waals surface area contributed by atoms with E-state index in [0.29, 0.717) is 6.54 Å². The second-order valence-electron chi connectivity index (χ2n) is 5.47. The van der Waals surface area contributed by atoms with Gasteiger partial charge >= 0.3 is 6.18 Å². The van der Waals surface area contributed by atoms with Crippen LogP contribution in [0.5, 0.6) is 0 Å². The normalized spacial score (nSPS) is 19.0. The van der Waals surface area contributed by atoms with Crippen molar-refractivity contribution in [3.05, 3.63) is 35.9 Å². The molecule has 21 heavy (non-hydrogen) atoms. The second kappa shape index (κ2) is 6.96. The summed E-state index contributed by atoms with van der Waals surface area (Å²) in [4.78, 5) is 0. The molecule has 0 bridgehead atoms. The Hall–Kier alpha value is -1.52. The van der Waals surface area contributed by atoms with E-state index in [1.165, 1.54) is 5.01 Å². The van der Waals surface area contributed by atoms with Gasteiger partial charge < -0.3 is 0 Å². The lowest BCUT2D eigenvalue weighted by Crippen LogP contribution is -2.30. The molecule has 1 aliphatic rings. The molecule has 0 amide bonds. The van der Waals surface area contributed by atoms with Gasteiger partial charge in [0.2, 0.25) is 0 Å². The molecule has 0 radical (unpaired) electrons. The van der Waals surface area contributed by atoms with Crippen molar-refractivity contribution in [2.75, 3.05) is 13.1 Å². The van der Waals surface area contributed by atoms with Crippen LogP contribution in [0.4, 0.5) is 13.2 Å². The number of benzene rings is 1. The third kappa shape index (κ3) is 4.76. The third-order valence-corrected chi connectivity index (χ3v) is 3.67. The quantitative estimate of drug-likeness (QED) is 0.702. The van der Waals surface area contributed by atoms with Gasteiger partial charge in [0.05, 0.1) is 0 Å². The molecule has 0 fully saturated rings. The average Bonchev–Trinajstić information content (AvgIpc) is 2.81. The summed E-state index contributed by atoms with van der Waals surface area (Å²) >= 11 is 0. The van der Waals surface area contributed by atoms with Crippen LogP contribution in [0.1, 0.15) is 44.1 Å². The molecule has 0 aromatic heterocycles. The van der Waals surface area contributed by atoms with Crippen LogP contribution in [-0.2, 0) is 0 Å². The van der Waals surface area contributed by atoms with Gasteiger partial charge in [-0.1, -0.05) is 50.1 Å². The Morgan fingerprint density at radius 2 is 1.90 bits per heavy atom. The van der Waals surface area contributed by atoms with Crippen molar-refractivity contribution < 1.29 is 13.2 Å². The van der Waals surface area contributed by atoms with Crippen LogP contribution in [0.3, 0.4) is 0 Å². The first-order valence-electron chi connectivity index (χ1n) is 7.43. The SMILES string of the molecule is CCCCCC1=NN(CC(F)(F)F)CC1c1ccccc1. The summed E-state index contributed by atoms with van der Waals surface area (Å²) in [6.07, 6.45) is -0.265. The summed E-state index contributed by atoms with van der Waals surface area (Å²) in [5, 5.41) is 5.40. The number of alkyl halides is 3. The van der Waals surface area contributed by atoms with E-state index in [4.69, 9.17) is 0 Å². The topological polar surface area (TPSA) is 15.6 Å². The van der Waals surface area contributed by atoms with Gasteiger partial charge in [0.15, 0.2) is 0 Å². The van der Waals surface area contributed by atoms with Gasteiger partial charge in [-0.2, -0.15) is 18.3 Å². The van der Waals surface area contributed by atoms with Crippen molar-refractivity contribution >= 4 is 5.71 Å². The molecule has 2 nitrogen and oxygen atoms in total. The van der Waals surface area contributed by atoms with Crippen LogP contribution in [0.15, 0.2) is 35.4 Å². The third-order valence-electron chi connectivity index (χ3n) is 3.67. The number of halogens is 3. The predicted octanol–water partition coefficient (Wildman–Crippen LogP) is 4.58. The number of nitrogens with zero attached hydrogens (tertiary/aromatic N) is 2. The zero-order valence-corrected chi connectivity index (χ0v) is 12.2. The largest absolute Gasteiger partial charge is 0.407 e. The van der Waals surface area contributed by atoms with E-state index in [1.54, 1.807) is 0 Å². The van der Waals surface area contributed by atoms with Crippen molar-refractivity contribution in [3.63, 3.8) is 0 Å². The molecule has 0 spiro atoms. The maximum absolute atomic E-state index is 12.6. The van der Waals surface area contributed by atoms with Gasteiger partial charge in [0.1, 0.15) is 6.54 Å². The van der Waals surface area contributed by atoms with E-state index < -0.39 is 12.7 Å². The number of rotatable bonds is 6. The van der Waals surface area contributed by atoms with Gasteiger partial charge in [0.25, 0.3) is 0 Å². The molecule has 1 unspecified atom stereocenters. The van der Waals surface area contributed by atoms with Crippen molar-refractivity contribution in [1.82, 2.24) is 5.01 Å². The van der Waals surface area contributed by atoms with Crippen LogP contribution >= 0.6 is 0 Å². The minimum Gasteiger partial charge on any atom is -0.287 e. The van der Waals surface area contributed by atoms with Gasteiger partial charge in [-0.15, -0.1) is 0 Å². The minimum absolute atomic E-state index is 0.00888. The molecule has 1 aromatic carbocycles. The lowest BCUT2D eigenvalue weighted by molar-refractivity contribution is -0.144. The number of hydrogen-bond acceptors (Lipinski definition) is 2. The molecule has 0 saturated heterocycles. The average molecular weight is 298 g/mol. The smallest absolute Gasteiger partial charge is 0.287 e. The van der Waals surface area contributed by atoms with Crippen molar-refractivity contribution in [2.24, 2.45) is 5.10 Å². The fraction of sp³-hybridized carbons (Fsp3) is 0.562. The van der Waals surface area contributed by atoms with Crippen LogP contribution in [0.2, 0.25) is 0 Å². The summed E-state index contributed by atoms with van der Waals surface area (Å²) < 4.78 is 37.7. The lowest BCUT2D eigenvalue weighted by Gasteiger charge is -2.18. The molecule has 1 atom stereocenters. The monoisotopic (exact) mass is 298 g/mol. The van der Waals surface area contributed by atoms with Gasteiger partial charge in [-0.25, -0.2) is 0 Å². The number of hydrazone groups is 1. The molecule has 0 saturated carbocycles. The first kappa shape index (κ1) is 15.9. The highest BCUT2D eigenvalue weighted by molar-refractivity contribution is 5.92. The number of unbranched alkanes of at least 4 members (excludes halogenated alkanes) is 2. The lowest BCUT2D eigenvalue weighted by atomic mass is 9.92. The molecule has 2 rings (SSSR count). The fourth-order valence-corrected chi connectivity index (χ4v) is 2.68. The second-order valence-corrected chi connectivity index (χ2v) is 5.47. The molecule has 116 valence electrons. The molecular formula is C16H21F3N2. The summed E-state index contributed by atoms with van der Waals surface area (Å²) in [6.45, 7) is 1.47. The molecule has 0 aliphatic carbocycles. The Morgan fingerprint density at radius 3 is 2.52 bits per heavy atom. The van der Waals surface area contributed by atoms with Crippen LogP contribution in [0.25, 0.3) is 0 Å². The van der Waals surface area contributed by atoms with Gasteiger partial charge in [-0.05, 0) is 18.4 Å². The Labute approximate surface area is 123 Å². The highest BCUT2D eigenvalue weighted by atomic mass is 19.4. The maximum atomic E-state index is 12.6. The first-order valence-corrected chi connectivity index (χ1v) is 7.43. The van der Waals surface area contributed by atoms with E-state index in [2.05, 4.69) is 12.0 Å². The Kier molecular flexibility index (Phi) is 5.26. The zero-order chi connectivity index (χ0) is 15.3. The van der Waals surface area contributed by atoms with E-state index in [-0.39, 0.29) is 5.92 Å². The standard InChI is InChI=1S/C16H21F3N2/c1-2-3-5-10-15-14(13-8-6-4-7-9-13)11-21(20-15)12-16(17,18)19/h4,6-9,14H,2-3,5,10-12H2,1H3. The summed E-state index contributed by atoms with van der Waals surface area (Å²) in [6, 6.07) is 9.70. The van der Waals surface area contributed by atoms with Gasteiger partial charge in [0, 0.05) is 18.2 Å². The molecule has 0 N–H and O–H groups in total. The zero-order valence-electron chi connectivity index (χ0n) is 12.2. The molecule has 1 heterocycles. The highest BCUT2D eigenvalue weighted by Gasteiger charge is 2.35. The summed E-state index contributed by atoms with van der Waals surface area (Å²) in [7, 11) is 0. The predicted molar refractivity (Wildman–Crippen MR) is 78.4 cm³/mol.